The summed E-state index contributed by atoms with van der Waals surface area (Å²) in [5.41, 5.74) is 7.05. The normalized spacial score (nSPS) is 16.9. The van der Waals surface area contributed by atoms with E-state index in [1.165, 1.54) is 27.9 Å². The number of nitrogens with zero attached hydrogens (tertiary/aromatic N) is 2. The van der Waals surface area contributed by atoms with Crippen molar-refractivity contribution in [3.05, 3.63) is 70.8 Å². The zero-order valence-corrected chi connectivity index (χ0v) is 12.4. The minimum absolute atomic E-state index is 1.01. The molecule has 2 heteroatoms. The predicted molar refractivity (Wildman–Crippen MR) is 88.1 cm³/mol. The lowest BCUT2D eigenvalue weighted by molar-refractivity contribution is 0.275. The lowest BCUT2D eigenvalue weighted by Gasteiger charge is -2.25. The average Bonchev–Trinajstić information content (AvgIpc) is 2.90. The van der Waals surface area contributed by atoms with Crippen LogP contribution in [-0.4, -0.2) is 18.5 Å². The maximum Gasteiger partial charge on any atom is 0.0443 e. The van der Waals surface area contributed by atoms with Crippen molar-refractivity contribution in [3.63, 3.8) is 0 Å². The van der Waals surface area contributed by atoms with Gasteiger partial charge in [0, 0.05) is 38.9 Å². The average molecular weight is 276 g/mol. The lowest BCUT2D eigenvalue weighted by atomic mass is 10.0. The van der Waals surface area contributed by atoms with Gasteiger partial charge in [0.2, 0.25) is 0 Å². The standard InChI is InChI=1S/C19H20N2/c1-20-10-4-7-16-9-8-15(11-19(16)20)12-21-13-17-5-2-3-6-18(17)14-21/h2-9,11H,10,12-14H2,1H3. The first-order valence-electron chi connectivity index (χ1n) is 7.59. The highest BCUT2D eigenvalue weighted by Crippen LogP contribution is 2.28. The van der Waals surface area contributed by atoms with Crippen molar-refractivity contribution in [2.45, 2.75) is 19.6 Å². The summed E-state index contributed by atoms with van der Waals surface area (Å²) in [6.07, 6.45) is 4.45. The predicted octanol–water partition coefficient (Wildman–Crippen LogP) is 3.67. The van der Waals surface area contributed by atoms with Gasteiger partial charge in [-0.05, 0) is 28.3 Å². The van der Waals surface area contributed by atoms with E-state index in [4.69, 9.17) is 0 Å². The van der Waals surface area contributed by atoms with Gasteiger partial charge in [-0.15, -0.1) is 0 Å². The maximum absolute atomic E-state index is 2.52. The summed E-state index contributed by atoms with van der Waals surface area (Å²) in [6, 6.07) is 15.7. The molecule has 0 fully saturated rings. The molecule has 0 aromatic heterocycles. The van der Waals surface area contributed by atoms with E-state index in [2.05, 4.69) is 71.5 Å². The second-order valence-corrected chi connectivity index (χ2v) is 6.09. The van der Waals surface area contributed by atoms with Crippen molar-refractivity contribution in [3.8, 4) is 0 Å². The summed E-state index contributed by atoms with van der Waals surface area (Å²) in [6.45, 7) is 4.18. The zero-order chi connectivity index (χ0) is 14.2. The molecular formula is C19H20N2. The number of anilines is 1. The van der Waals surface area contributed by atoms with Crippen LogP contribution in [0.4, 0.5) is 5.69 Å². The van der Waals surface area contributed by atoms with E-state index >= 15 is 0 Å². The van der Waals surface area contributed by atoms with Crippen LogP contribution in [0, 0.1) is 0 Å². The van der Waals surface area contributed by atoms with Crippen LogP contribution in [0.1, 0.15) is 22.3 Å². The molecule has 2 aliphatic heterocycles. The van der Waals surface area contributed by atoms with Crippen LogP contribution in [0.2, 0.25) is 0 Å². The minimum atomic E-state index is 1.01. The highest BCUT2D eigenvalue weighted by Gasteiger charge is 2.19. The van der Waals surface area contributed by atoms with E-state index < -0.39 is 0 Å². The molecule has 2 aromatic rings. The molecule has 21 heavy (non-hydrogen) atoms. The van der Waals surface area contributed by atoms with Gasteiger partial charge < -0.3 is 4.90 Å². The van der Waals surface area contributed by atoms with Crippen LogP contribution in [0.25, 0.3) is 6.08 Å². The fourth-order valence-corrected chi connectivity index (χ4v) is 3.37. The molecule has 0 saturated heterocycles. The lowest BCUT2D eigenvalue weighted by Crippen LogP contribution is -2.21. The van der Waals surface area contributed by atoms with E-state index in [0.717, 1.165) is 26.2 Å². The summed E-state index contributed by atoms with van der Waals surface area (Å²) in [7, 11) is 2.16. The molecule has 0 N–H and O–H groups in total. The highest BCUT2D eigenvalue weighted by atomic mass is 15.1. The second kappa shape index (κ2) is 5.05. The van der Waals surface area contributed by atoms with Crippen LogP contribution in [0.15, 0.2) is 48.5 Å². The Hall–Kier alpha value is -2.06. The number of benzene rings is 2. The molecule has 0 aliphatic carbocycles. The zero-order valence-electron chi connectivity index (χ0n) is 12.4. The van der Waals surface area contributed by atoms with E-state index in [0.29, 0.717) is 0 Å². The van der Waals surface area contributed by atoms with Crippen LogP contribution in [-0.2, 0) is 19.6 Å². The van der Waals surface area contributed by atoms with Gasteiger partial charge in [0.1, 0.15) is 0 Å². The Morgan fingerprint density at radius 2 is 1.76 bits per heavy atom. The van der Waals surface area contributed by atoms with Gasteiger partial charge in [0.05, 0.1) is 0 Å². The van der Waals surface area contributed by atoms with Crippen LogP contribution in [0.3, 0.4) is 0 Å². The number of fused-ring (bicyclic) bond motifs is 2. The Bertz CT molecular complexity index is 677. The van der Waals surface area contributed by atoms with Crippen molar-refractivity contribution in [2.75, 3.05) is 18.5 Å². The van der Waals surface area contributed by atoms with Crippen molar-refractivity contribution in [1.29, 1.82) is 0 Å². The quantitative estimate of drug-likeness (QED) is 0.826. The summed E-state index contributed by atoms with van der Waals surface area (Å²) in [5, 5.41) is 0. The smallest absolute Gasteiger partial charge is 0.0443 e. The third kappa shape index (κ3) is 2.36. The molecule has 2 aliphatic rings. The fourth-order valence-electron chi connectivity index (χ4n) is 3.37. The van der Waals surface area contributed by atoms with Gasteiger partial charge in [-0.3, -0.25) is 4.90 Å². The summed E-state index contributed by atoms with van der Waals surface area (Å²) in [4.78, 5) is 4.84. The minimum Gasteiger partial charge on any atom is -0.370 e. The first-order chi connectivity index (χ1) is 10.3. The van der Waals surface area contributed by atoms with Gasteiger partial charge in [-0.1, -0.05) is 48.6 Å². The van der Waals surface area contributed by atoms with Gasteiger partial charge in [0.15, 0.2) is 0 Å². The highest BCUT2D eigenvalue weighted by molar-refractivity contribution is 5.71. The van der Waals surface area contributed by atoms with E-state index in [1.54, 1.807) is 0 Å². The van der Waals surface area contributed by atoms with Crippen molar-refractivity contribution < 1.29 is 0 Å². The number of likely N-dealkylation sites (N-methyl/N-ethyl adjacent to an activating group) is 1. The van der Waals surface area contributed by atoms with Crippen LogP contribution in [0.5, 0.6) is 0 Å². The van der Waals surface area contributed by atoms with E-state index in [9.17, 15) is 0 Å². The Labute approximate surface area is 126 Å². The third-order valence-electron chi connectivity index (χ3n) is 4.50. The number of rotatable bonds is 2. The topological polar surface area (TPSA) is 6.48 Å². The van der Waals surface area contributed by atoms with Crippen molar-refractivity contribution >= 4 is 11.8 Å². The Morgan fingerprint density at radius 3 is 2.52 bits per heavy atom. The van der Waals surface area contributed by atoms with Gasteiger partial charge in [-0.25, -0.2) is 0 Å². The van der Waals surface area contributed by atoms with Gasteiger partial charge >= 0.3 is 0 Å². The summed E-state index contributed by atoms with van der Waals surface area (Å²) >= 11 is 0. The van der Waals surface area contributed by atoms with E-state index in [1.807, 2.05) is 0 Å². The molecule has 0 unspecified atom stereocenters. The largest absolute Gasteiger partial charge is 0.370 e. The molecule has 0 atom stereocenters. The molecule has 0 bridgehead atoms. The van der Waals surface area contributed by atoms with Gasteiger partial charge in [-0.2, -0.15) is 0 Å². The second-order valence-electron chi connectivity index (χ2n) is 6.09. The van der Waals surface area contributed by atoms with Crippen molar-refractivity contribution in [2.24, 2.45) is 0 Å². The molecule has 0 spiro atoms. The molecule has 106 valence electrons. The van der Waals surface area contributed by atoms with Gasteiger partial charge in [0.25, 0.3) is 0 Å². The Balaban J connectivity index is 1.54. The molecule has 4 rings (SSSR count). The Morgan fingerprint density at radius 1 is 1.00 bits per heavy atom. The number of hydrogen-bond donors (Lipinski definition) is 0. The molecule has 0 amide bonds. The molecule has 2 aromatic carbocycles. The monoisotopic (exact) mass is 276 g/mol. The van der Waals surface area contributed by atoms with Crippen LogP contribution < -0.4 is 4.90 Å². The first-order valence-corrected chi connectivity index (χ1v) is 7.59. The first kappa shape index (κ1) is 12.7. The maximum atomic E-state index is 2.52. The van der Waals surface area contributed by atoms with E-state index in [-0.39, 0.29) is 0 Å². The summed E-state index contributed by atoms with van der Waals surface area (Å²) in [5.74, 6) is 0. The number of hydrogen-bond acceptors (Lipinski definition) is 2. The molecule has 2 heterocycles. The fraction of sp³-hybridized carbons (Fsp3) is 0.263. The molecule has 2 nitrogen and oxygen atoms in total. The van der Waals surface area contributed by atoms with Crippen molar-refractivity contribution in [1.82, 2.24) is 4.90 Å². The Kier molecular flexibility index (Phi) is 3.04. The molecular weight excluding hydrogens is 256 g/mol. The SMILES string of the molecule is CN1CC=Cc2ccc(CN3Cc4ccccc4C3)cc21. The summed E-state index contributed by atoms with van der Waals surface area (Å²) < 4.78 is 0. The van der Waals surface area contributed by atoms with Crippen LogP contribution >= 0.6 is 0 Å². The third-order valence-corrected chi connectivity index (χ3v) is 4.50. The molecule has 0 saturated carbocycles. The molecule has 0 radical (unpaired) electrons.